The summed E-state index contributed by atoms with van der Waals surface area (Å²) in [6.45, 7) is 0. The van der Waals surface area contributed by atoms with Crippen LogP contribution >= 0.6 is 0 Å². The molecule has 0 bridgehead atoms. The van der Waals surface area contributed by atoms with Crippen molar-refractivity contribution in [3.05, 3.63) is 30.3 Å². The van der Waals surface area contributed by atoms with Gasteiger partial charge in [-0.05, 0) is 18.2 Å². The number of phenols is 1. The third-order valence-corrected chi connectivity index (χ3v) is 4.24. The van der Waals surface area contributed by atoms with Gasteiger partial charge in [-0.15, -0.1) is 0 Å². The molecule has 19 heavy (non-hydrogen) atoms. The number of benzene rings is 2. The molecule has 7 nitrogen and oxygen atoms in total. The maximum absolute atomic E-state index is 11.2. The SMILES string of the molecule is O=S(=O)(O)c1ccc(S(=O)(=O)O)c2c(O)[c]ccc12. The van der Waals surface area contributed by atoms with E-state index in [1.165, 1.54) is 0 Å². The minimum Gasteiger partial charge on any atom is -0.507 e. The third kappa shape index (κ3) is 2.40. The van der Waals surface area contributed by atoms with Gasteiger partial charge in [-0.1, -0.05) is 6.07 Å². The van der Waals surface area contributed by atoms with Gasteiger partial charge in [-0.2, -0.15) is 16.8 Å². The Labute approximate surface area is 108 Å². The first-order chi connectivity index (χ1) is 8.62. The molecule has 0 saturated heterocycles. The van der Waals surface area contributed by atoms with E-state index in [2.05, 4.69) is 6.07 Å². The van der Waals surface area contributed by atoms with Crippen molar-refractivity contribution >= 4 is 31.0 Å². The number of fused-ring (bicyclic) bond motifs is 1. The van der Waals surface area contributed by atoms with Crippen molar-refractivity contribution in [3.63, 3.8) is 0 Å². The van der Waals surface area contributed by atoms with Crippen LogP contribution < -0.4 is 0 Å². The summed E-state index contributed by atoms with van der Waals surface area (Å²) in [7, 11) is -9.28. The van der Waals surface area contributed by atoms with Gasteiger partial charge in [0.15, 0.2) is 0 Å². The molecule has 2 rings (SSSR count). The average Bonchev–Trinajstić information content (AvgIpc) is 2.25. The van der Waals surface area contributed by atoms with Gasteiger partial charge in [-0.25, -0.2) is 0 Å². The highest BCUT2D eigenvalue weighted by molar-refractivity contribution is 7.86. The van der Waals surface area contributed by atoms with E-state index in [0.29, 0.717) is 0 Å². The lowest BCUT2D eigenvalue weighted by Gasteiger charge is -2.08. The highest BCUT2D eigenvalue weighted by Crippen LogP contribution is 2.34. The minimum absolute atomic E-state index is 0.242. The first-order valence-electron chi connectivity index (χ1n) is 4.74. The molecule has 2 aromatic carbocycles. The van der Waals surface area contributed by atoms with Crippen LogP contribution in [0.15, 0.2) is 34.1 Å². The van der Waals surface area contributed by atoms with Gasteiger partial charge < -0.3 is 5.11 Å². The summed E-state index contributed by atoms with van der Waals surface area (Å²) in [4.78, 5) is -1.26. The molecular formula is C10H7O7S2. The summed E-state index contributed by atoms with van der Waals surface area (Å²) in [5.74, 6) is -0.657. The molecule has 2 aromatic rings. The van der Waals surface area contributed by atoms with Gasteiger partial charge in [0.25, 0.3) is 20.2 Å². The Morgan fingerprint density at radius 2 is 1.42 bits per heavy atom. The van der Waals surface area contributed by atoms with Crippen LogP contribution in [-0.2, 0) is 20.2 Å². The molecule has 0 heterocycles. The monoisotopic (exact) mass is 303 g/mol. The normalized spacial score (nSPS) is 12.7. The Hall–Kier alpha value is -1.68. The highest BCUT2D eigenvalue weighted by atomic mass is 32.2. The lowest BCUT2D eigenvalue weighted by atomic mass is 10.1. The molecule has 0 atom stereocenters. The van der Waals surface area contributed by atoms with Crippen molar-refractivity contribution in [2.45, 2.75) is 9.79 Å². The number of phenolic OH excluding ortho intramolecular Hbond substituents is 1. The summed E-state index contributed by atoms with van der Waals surface area (Å²) in [5, 5.41) is 8.93. The Morgan fingerprint density at radius 1 is 0.895 bits per heavy atom. The van der Waals surface area contributed by atoms with Crippen LogP contribution in [0.25, 0.3) is 10.8 Å². The van der Waals surface area contributed by atoms with E-state index < -0.39 is 41.2 Å². The van der Waals surface area contributed by atoms with Crippen LogP contribution in [0.5, 0.6) is 5.75 Å². The lowest BCUT2D eigenvalue weighted by Crippen LogP contribution is -2.04. The van der Waals surface area contributed by atoms with Gasteiger partial charge >= 0.3 is 0 Å². The van der Waals surface area contributed by atoms with Crippen LogP contribution in [0.4, 0.5) is 0 Å². The fourth-order valence-corrected chi connectivity index (χ4v) is 3.10. The standard InChI is InChI=1S/C10H7O7S2/c11-7-3-1-2-6-8(18(12,13)14)4-5-9(10(6)7)19(15,16)17/h1-2,4-5,11H,(H,12,13,14)(H,15,16,17). The smallest absolute Gasteiger partial charge is 0.295 e. The second-order valence-corrected chi connectivity index (χ2v) is 6.41. The lowest BCUT2D eigenvalue weighted by molar-refractivity contribution is 0.472. The highest BCUT2D eigenvalue weighted by Gasteiger charge is 2.22. The fourth-order valence-electron chi connectivity index (χ4n) is 1.71. The molecule has 0 unspecified atom stereocenters. The summed E-state index contributed by atoms with van der Waals surface area (Å²) < 4.78 is 62.8. The largest absolute Gasteiger partial charge is 0.507 e. The molecule has 3 N–H and O–H groups in total. The van der Waals surface area contributed by atoms with Crippen LogP contribution in [0.1, 0.15) is 0 Å². The van der Waals surface area contributed by atoms with Gasteiger partial charge in [0.05, 0.1) is 0 Å². The number of hydrogen-bond acceptors (Lipinski definition) is 5. The second-order valence-electron chi connectivity index (χ2n) is 3.63. The predicted molar refractivity (Wildman–Crippen MR) is 64.1 cm³/mol. The molecule has 1 radical (unpaired) electrons. The maximum atomic E-state index is 11.2. The third-order valence-electron chi connectivity index (χ3n) is 2.43. The Morgan fingerprint density at radius 3 is 1.95 bits per heavy atom. The summed E-state index contributed by atoms with van der Waals surface area (Å²) >= 11 is 0. The zero-order valence-electron chi connectivity index (χ0n) is 9.10. The first kappa shape index (κ1) is 13.7. The second kappa shape index (κ2) is 4.17. The Kier molecular flexibility index (Phi) is 3.01. The molecule has 101 valence electrons. The molecule has 0 spiro atoms. The van der Waals surface area contributed by atoms with Crippen LogP contribution in [0, 0.1) is 6.07 Å². The van der Waals surface area contributed by atoms with Crippen molar-refractivity contribution in [2.24, 2.45) is 0 Å². The predicted octanol–water partition coefficient (Wildman–Crippen LogP) is 0.839. The van der Waals surface area contributed by atoms with E-state index in [9.17, 15) is 21.9 Å². The maximum Gasteiger partial charge on any atom is 0.295 e. The first-order valence-corrected chi connectivity index (χ1v) is 7.62. The van der Waals surface area contributed by atoms with E-state index in [1.54, 1.807) is 0 Å². The Balaban J connectivity index is 3.10. The number of hydrogen-bond donors (Lipinski definition) is 3. The summed E-state index contributed by atoms with van der Waals surface area (Å²) in [6.07, 6.45) is 0. The molecule has 0 aromatic heterocycles. The number of rotatable bonds is 2. The molecular weight excluding hydrogens is 296 g/mol. The van der Waals surface area contributed by atoms with Crippen molar-refractivity contribution < 1.29 is 31.0 Å². The van der Waals surface area contributed by atoms with Gasteiger partial charge in [-0.3, -0.25) is 9.11 Å². The van der Waals surface area contributed by atoms with Gasteiger partial charge in [0.1, 0.15) is 15.5 Å². The molecule has 0 fully saturated rings. The zero-order valence-corrected chi connectivity index (χ0v) is 10.7. The quantitative estimate of drug-likeness (QED) is 0.701. The number of aromatic hydroxyl groups is 1. The van der Waals surface area contributed by atoms with Crippen LogP contribution in [0.2, 0.25) is 0 Å². The average molecular weight is 303 g/mol. The summed E-state index contributed by atoms with van der Waals surface area (Å²) in [6, 6.07) is 6.16. The van der Waals surface area contributed by atoms with Crippen molar-refractivity contribution in [1.29, 1.82) is 0 Å². The Bertz CT molecular complexity index is 866. The topological polar surface area (TPSA) is 129 Å². The molecule has 0 aliphatic rings. The minimum atomic E-state index is -4.67. The zero-order chi connectivity index (χ0) is 14.4. The van der Waals surface area contributed by atoms with Gasteiger partial charge in [0.2, 0.25) is 0 Å². The fraction of sp³-hybridized carbons (Fsp3) is 0. The van der Waals surface area contributed by atoms with Crippen molar-refractivity contribution in [2.75, 3.05) is 0 Å². The van der Waals surface area contributed by atoms with E-state index in [4.69, 9.17) is 9.11 Å². The van der Waals surface area contributed by atoms with E-state index >= 15 is 0 Å². The van der Waals surface area contributed by atoms with E-state index in [0.717, 1.165) is 24.3 Å². The van der Waals surface area contributed by atoms with E-state index in [-0.39, 0.29) is 5.39 Å². The van der Waals surface area contributed by atoms with Crippen LogP contribution in [0.3, 0.4) is 0 Å². The molecule has 0 amide bonds. The molecule has 0 saturated carbocycles. The van der Waals surface area contributed by atoms with Crippen molar-refractivity contribution in [1.82, 2.24) is 0 Å². The summed E-state index contributed by atoms with van der Waals surface area (Å²) in [5.41, 5.74) is 0. The molecule has 0 aliphatic carbocycles. The van der Waals surface area contributed by atoms with Crippen LogP contribution in [-0.4, -0.2) is 31.0 Å². The molecule has 0 aliphatic heterocycles. The molecule has 9 heteroatoms. The van der Waals surface area contributed by atoms with E-state index in [1.807, 2.05) is 0 Å². The van der Waals surface area contributed by atoms with Gasteiger partial charge in [0, 0.05) is 16.8 Å². The van der Waals surface area contributed by atoms with Crippen molar-refractivity contribution in [3.8, 4) is 5.75 Å².